The van der Waals surface area contributed by atoms with E-state index in [0.717, 1.165) is 99.9 Å². The van der Waals surface area contributed by atoms with Crippen LogP contribution in [0.25, 0.3) is 0 Å². The molecule has 2 N–H and O–H groups in total. The number of likely N-dealkylation sites (N-methyl/N-ethyl adjacent to an activating group) is 2. The molecule has 456 valence electrons. The van der Waals surface area contributed by atoms with Crippen LogP contribution in [0.2, 0.25) is 10.0 Å². The number of sulfonamides is 2. The first-order chi connectivity index (χ1) is 40.0. The molecule has 0 radical (unpaired) electrons. The van der Waals surface area contributed by atoms with Crippen LogP contribution >= 0.6 is 23.2 Å². The number of esters is 2. The van der Waals surface area contributed by atoms with E-state index in [1.807, 2.05) is 36.4 Å². The average molecular weight is 1230 g/mol. The minimum atomic E-state index is -4.06. The number of nitrogens with zero attached hydrogens (tertiary/aromatic N) is 4. The molecule has 4 atom stereocenters. The molecule has 0 saturated carbocycles. The zero-order chi connectivity index (χ0) is 61.1. The Morgan fingerprint density at radius 1 is 0.619 bits per heavy atom. The number of methoxy groups -OCH3 is 2. The Bertz CT molecular complexity index is 3080. The summed E-state index contributed by atoms with van der Waals surface area (Å²) in [7, 11) is -3.11. The predicted octanol–water partition coefficient (Wildman–Crippen LogP) is 9.96. The van der Waals surface area contributed by atoms with Crippen LogP contribution in [0, 0.1) is 0 Å². The van der Waals surface area contributed by atoms with Crippen molar-refractivity contribution in [1.82, 2.24) is 8.61 Å². The first-order valence-corrected chi connectivity index (χ1v) is 32.5. The number of unbranched alkanes of at least 4 members (excludes halogenated alkanes) is 4. The first kappa shape index (κ1) is 65.8. The zero-order valence-electron chi connectivity index (χ0n) is 49.0. The third-order valence-corrected chi connectivity index (χ3v) is 21.0. The molecule has 8 rings (SSSR count). The smallest absolute Gasteiger partial charge is 0.343 e. The number of aryl methyl sites for hydroxylation is 2. The lowest BCUT2D eigenvalue weighted by Crippen LogP contribution is -2.47. The number of fused-ring (bicyclic) bond motifs is 6. The van der Waals surface area contributed by atoms with E-state index in [1.54, 1.807) is 36.4 Å². The monoisotopic (exact) mass is 1230 g/mol. The highest BCUT2D eigenvalue weighted by atomic mass is 35.5. The second-order valence-electron chi connectivity index (χ2n) is 22.6. The van der Waals surface area contributed by atoms with Crippen molar-refractivity contribution in [3.8, 4) is 11.5 Å². The molecule has 2 spiro atoms. The molecular formula is C64H82Cl2N4O12S2. The van der Waals surface area contributed by atoms with Crippen LogP contribution in [-0.4, -0.2) is 140 Å². The van der Waals surface area contributed by atoms with Gasteiger partial charge in [-0.1, -0.05) is 71.8 Å². The normalized spacial score (nSPS) is 19.7. The Morgan fingerprint density at radius 2 is 1.01 bits per heavy atom. The number of benzene rings is 4. The highest BCUT2D eigenvalue weighted by molar-refractivity contribution is 7.89. The van der Waals surface area contributed by atoms with E-state index < -0.39 is 54.7 Å². The Kier molecular flexibility index (Phi) is 22.1. The summed E-state index contributed by atoms with van der Waals surface area (Å²) in [6.07, 6.45) is 17.9. The fourth-order valence-corrected chi connectivity index (χ4v) is 15.3. The van der Waals surface area contributed by atoms with Gasteiger partial charge in [0.1, 0.15) is 23.0 Å². The van der Waals surface area contributed by atoms with Gasteiger partial charge in [-0.25, -0.2) is 35.0 Å². The second-order valence-corrected chi connectivity index (χ2v) is 27.6. The molecule has 2 aliphatic carbocycles. The summed E-state index contributed by atoms with van der Waals surface area (Å²) in [6, 6.07) is 22.0. The van der Waals surface area contributed by atoms with Crippen LogP contribution in [0.1, 0.15) is 97.6 Å². The van der Waals surface area contributed by atoms with Crippen molar-refractivity contribution in [3.05, 3.63) is 167 Å². The van der Waals surface area contributed by atoms with Crippen molar-refractivity contribution >= 4 is 66.6 Å². The summed E-state index contributed by atoms with van der Waals surface area (Å²) < 4.78 is 77.5. The highest BCUT2D eigenvalue weighted by Gasteiger charge is 2.49. The Labute approximate surface area is 507 Å². The molecule has 2 heterocycles. The summed E-state index contributed by atoms with van der Waals surface area (Å²) in [5.74, 6) is -2.65. The van der Waals surface area contributed by atoms with Crippen LogP contribution in [0.5, 0.6) is 11.5 Å². The molecule has 0 bridgehead atoms. The Balaban J connectivity index is 0.000000241. The van der Waals surface area contributed by atoms with Gasteiger partial charge in [0.2, 0.25) is 31.2 Å². The van der Waals surface area contributed by atoms with E-state index >= 15 is 0 Å². The minimum Gasteiger partial charge on any atom is -0.490 e. The quantitative estimate of drug-likeness (QED) is 0.0383. The molecule has 84 heavy (non-hydrogen) atoms. The van der Waals surface area contributed by atoms with Gasteiger partial charge in [0, 0.05) is 74.2 Å². The Morgan fingerprint density at radius 3 is 1.37 bits per heavy atom. The number of anilines is 2. The fraction of sp³-hybridized carbons (Fsp3) is 0.469. The van der Waals surface area contributed by atoms with Crippen molar-refractivity contribution in [2.75, 3.05) is 102 Å². The summed E-state index contributed by atoms with van der Waals surface area (Å²) in [6.45, 7) is 18.5. The molecule has 20 heteroatoms. The SMILES string of the molecule is C=CCCCCN1C[C@@]2(CCCc3cc(Cl)ccc32)COc2ccc([C@@](O)(CS(=O)(=O)N(C)CC=C)C(=O)OC)cc21.C=CCCCCN1C[C@@]2(CCCc3cc(Cl)ccc32)COc2ccc([C@](O)(CS(=O)(=O)N(C)CC=C)C(=O)OC)cc21. The van der Waals surface area contributed by atoms with Crippen LogP contribution in [0.3, 0.4) is 0 Å². The summed E-state index contributed by atoms with van der Waals surface area (Å²) in [5.41, 5.74) is 1.09. The van der Waals surface area contributed by atoms with Gasteiger partial charge < -0.3 is 39.0 Å². The summed E-state index contributed by atoms with van der Waals surface area (Å²) in [4.78, 5) is 30.5. The number of aliphatic hydroxyl groups is 2. The number of halogens is 2. The molecule has 0 fully saturated rings. The highest BCUT2D eigenvalue weighted by Crippen LogP contribution is 2.48. The lowest BCUT2D eigenvalue weighted by atomic mass is 9.70. The van der Waals surface area contributed by atoms with E-state index in [9.17, 15) is 36.6 Å². The van der Waals surface area contributed by atoms with Gasteiger partial charge in [-0.05, 0) is 159 Å². The maximum Gasteiger partial charge on any atom is 0.343 e. The molecule has 2 aliphatic heterocycles. The van der Waals surface area contributed by atoms with Crippen molar-refractivity contribution in [2.24, 2.45) is 0 Å². The van der Waals surface area contributed by atoms with Crippen molar-refractivity contribution in [1.29, 1.82) is 0 Å². The number of rotatable bonds is 24. The maximum atomic E-state index is 13.1. The lowest BCUT2D eigenvalue weighted by Gasteiger charge is -2.41. The molecule has 0 unspecified atom stereocenters. The van der Waals surface area contributed by atoms with Gasteiger partial charge in [0.25, 0.3) is 0 Å². The second kappa shape index (κ2) is 28.2. The summed E-state index contributed by atoms with van der Waals surface area (Å²) in [5, 5.41) is 24.9. The van der Waals surface area contributed by atoms with Gasteiger partial charge >= 0.3 is 11.9 Å². The predicted molar refractivity (Wildman–Crippen MR) is 334 cm³/mol. The molecule has 0 amide bonds. The van der Waals surface area contributed by atoms with Crippen LogP contribution in [0.4, 0.5) is 11.4 Å². The molecular weight excluding hydrogens is 1150 g/mol. The molecule has 4 aromatic carbocycles. The van der Waals surface area contributed by atoms with E-state index in [2.05, 4.69) is 48.2 Å². The van der Waals surface area contributed by atoms with Gasteiger partial charge in [0.15, 0.2) is 0 Å². The summed E-state index contributed by atoms with van der Waals surface area (Å²) >= 11 is 12.7. The number of carbonyl (C=O) groups excluding carboxylic acids is 2. The molecule has 0 saturated heterocycles. The van der Waals surface area contributed by atoms with Crippen molar-refractivity contribution in [3.63, 3.8) is 0 Å². The lowest BCUT2D eigenvalue weighted by molar-refractivity contribution is -0.161. The van der Waals surface area contributed by atoms with Gasteiger partial charge in [0.05, 0.1) is 38.8 Å². The van der Waals surface area contributed by atoms with Crippen LogP contribution in [-0.2, 0) is 74.0 Å². The number of allylic oxidation sites excluding steroid dienone is 2. The third kappa shape index (κ3) is 14.6. The van der Waals surface area contributed by atoms with Gasteiger partial charge in [-0.2, -0.15) is 0 Å². The Hall–Kier alpha value is -5.70. The fourth-order valence-electron chi connectivity index (χ4n) is 12.2. The van der Waals surface area contributed by atoms with Crippen LogP contribution in [0.15, 0.2) is 123 Å². The minimum absolute atomic E-state index is 0.0326. The first-order valence-electron chi connectivity index (χ1n) is 28.5. The molecule has 0 aromatic heterocycles. The average Bonchev–Trinajstić information content (AvgIpc) is 2.51. The van der Waals surface area contributed by atoms with E-state index in [1.165, 1.54) is 48.5 Å². The topological polar surface area (TPSA) is 193 Å². The maximum absolute atomic E-state index is 13.1. The van der Waals surface area contributed by atoms with Crippen molar-refractivity contribution in [2.45, 2.75) is 99.1 Å². The molecule has 16 nitrogen and oxygen atoms in total. The number of ether oxygens (including phenoxy) is 4. The largest absolute Gasteiger partial charge is 0.490 e. The number of hydrogen-bond acceptors (Lipinski definition) is 14. The van der Waals surface area contributed by atoms with Gasteiger partial charge in [-0.3, -0.25) is 0 Å². The standard InChI is InChI=1S/2C32H41ClN2O6S/c2*1-5-7-8-9-18-35-21-31(16-10-11-24-19-26(33)13-14-27(24)31)22-41-29-15-12-25(20-28(29)35)32(37,30(36)40-4)23-42(38,39)34(3)17-6-2/h2*5-6,12-15,19-20,37H,1-2,7-11,16-18,21-23H2,3-4H3/t31-,32+;31-,32-/m00/s1. The van der Waals surface area contributed by atoms with E-state index in [-0.39, 0.29) is 35.0 Å². The zero-order valence-corrected chi connectivity index (χ0v) is 52.1. The van der Waals surface area contributed by atoms with Crippen molar-refractivity contribution < 1.29 is 55.6 Å². The number of hydrogen-bond donors (Lipinski definition) is 2. The van der Waals surface area contributed by atoms with E-state index in [0.29, 0.717) is 72.3 Å². The number of carbonyl (C=O) groups is 2. The molecule has 4 aliphatic rings. The molecule has 4 aromatic rings. The third-order valence-electron chi connectivity index (χ3n) is 16.8. The van der Waals surface area contributed by atoms with E-state index in [4.69, 9.17) is 42.1 Å². The van der Waals surface area contributed by atoms with Gasteiger partial charge in [-0.15, -0.1) is 26.3 Å². The van der Waals surface area contributed by atoms with Crippen LogP contribution < -0.4 is 19.3 Å².